The monoisotopic (exact) mass is 405 g/mol. The van der Waals surface area contributed by atoms with E-state index < -0.39 is 22.0 Å². The number of rotatable bonds is 8. The van der Waals surface area contributed by atoms with Gasteiger partial charge >= 0.3 is 5.97 Å². The number of hydrogen-bond donors (Lipinski definition) is 0. The summed E-state index contributed by atoms with van der Waals surface area (Å²) in [6.45, 7) is 7.16. The summed E-state index contributed by atoms with van der Waals surface area (Å²) in [5, 5.41) is 0. The van der Waals surface area contributed by atoms with Crippen LogP contribution in [0.25, 0.3) is 0 Å². The Hall–Kier alpha value is -2.38. The van der Waals surface area contributed by atoms with Gasteiger partial charge in [0.2, 0.25) is 10.0 Å². The zero-order chi connectivity index (χ0) is 20.9. The predicted octanol–water partition coefficient (Wildman–Crippen LogP) is 3.45. The molecule has 2 aromatic carbocycles. The molecule has 0 bridgehead atoms. The van der Waals surface area contributed by atoms with Crippen molar-refractivity contribution < 1.29 is 22.7 Å². The fraction of sp³-hybridized carbons (Fsp3) is 0.381. The van der Waals surface area contributed by atoms with Crippen molar-refractivity contribution in [1.82, 2.24) is 4.31 Å². The van der Waals surface area contributed by atoms with Crippen molar-refractivity contribution in [1.29, 1.82) is 0 Å². The highest BCUT2D eigenvalue weighted by Gasteiger charge is 2.36. The molecule has 152 valence electrons. The molecule has 7 heteroatoms. The molecule has 0 fully saturated rings. The summed E-state index contributed by atoms with van der Waals surface area (Å²) in [7, 11) is -2.61. The third kappa shape index (κ3) is 4.72. The number of aryl methyl sites for hydroxylation is 2. The molecule has 0 aliphatic carbocycles. The lowest BCUT2D eigenvalue weighted by molar-refractivity contribution is -0.147. The number of ether oxygens (including phenoxy) is 2. The number of methoxy groups -OCH3 is 1. The van der Waals surface area contributed by atoms with E-state index in [2.05, 4.69) is 0 Å². The quantitative estimate of drug-likeness (QED) is 0.629. The molecule has 0 aromatic heterocycles. The second-order valence-corrected chi connectivity index (χ2v) is 8.41. The van der Waals surface area contributed by atoms with Gasteiger partial charge in [-0.2, -0.15) is 4.31 Å². The molecule has 0 aliphatic heterocycles. The number of nitrogens with zero attached hydrogens (tertiary/aromatic N) is 1. The number of hydrogen-bond acceptors (Lipinski definition) is 5. The van der Waals surface area contributed by atoms with E-state index in [0.717, 1.165) is 21.0 Å². The lowest BCUT2D eigenvalue weighted by atomic mass is 10.1. The molecule has 0 radical (unpaired) electrons. The van der Waals surface area contributed by atoms with Crippen molar-refractivity contribution in [3.05, 3.63) is 59.2 Å². The third-order valence-corrected chi connectivity index (χ3v) is 6.55. The molecule has 1 atom stereocenters. The van der Waals surface area contributed by atoms with Gasteiger partial charge in [-0.05, 0) is 56.5 Å². The van der Waals surface area contributed by atoms with Gasteiger partial charge in [0.25, 0.3) is 0 Å². The fourth-order valence-electron chi connectivity index (χ4n) is 2.82. The highest BCUT2D eigenvalue weighted by Crippen LogP contribution is 2.31. The molecule has 0 N–H and O–H groups in total. The van der Waals surface area contributed by atoms with E-state index in [0.29, 0.717) is 0 Å². The number of carbonyl (C=O) groups is 1. The fourth-order valence-corrected chi connectivity index (χ4v) is 4.62. The Morgan fingerprint density at radius 3 is 2.29 bits per heavy atom. The molecular formula is C21H27NO5S. The zero-order valence-electron chi connectivity index (χ0n) is 16.9. The summed E-state index contributed by atoms with van der Waals surface area (Å²) in [6, 6.07) is 11.4. The minimum Gasteiger partial charge on any atom is -0.495 e. The van der Waals surface area contributed by atoms with E-state index in [4.69, 9.17) is 9.47 Å². The first-order chi connectivity index (χ1) is 13.2. The Labute approximate surface area is 167 Å². The van der Waals surface area contributed by atoms with Gasteiger partial charge in [0.15, 0.2) is 0 Å². The number of benzene rings is 2. The van der Waals surface area contributed by atoms with Crippen molar-refractivity contribution in [3.63, 3.8) is 0 Å². The molecule has 0 saturated heterocycles. The van der Waals surface area contributed by atoms with Crippen LogP contribution in [0.15, 0.2) is 47.4 Å². The van der Waals surface area contributed by atoms with Crippen molar-refractivity contribution in [2.45, 2.75) is 45.2 Å². The average Bonchev–Trinajstić information content (AvgIpc) is 2.68. The normalized spacial score (nSPS) is 12.6. The number of esters is 1. The van der Waals surface area contributed by atoms with Crippen LogP contribution in [0, 0.1) is 13.8 Å². The molecule has 0 heterocycles. The molecule has 0 aliphatic rings. The second-order valence-electron chi connectivity index (χ2n) is 6.55. The predicted molar refractivity (Wildman–Crippen MR) is 108 cm³/mol. The SMILES string of the molecule is CCOC(=O)C(C)N(Cc1ccccc1)S(=O)(=O)c1cc(C)c(C)cc1OC. The average molecular weight is 406 g/mol. The van der Waals surface area contributed by atoms with E-state index in [1.54, 1.807) is 19.1 Å². The molecule has 28 heavy (non-hydrogen) atoms. The van der Waals surface area contributed by atoms with Crippen LogP contribution in [-0.2, 0) is 26.1 Å². The standard InChI is InChI=1S/C21H27NO5S/c1-6-27-21(23)17(4)22(14-18-10-8-7-9-11-18)28(24,25)20-13-16(3)15(2)12-19(20)26-5/h7-13,17H,6,14H2,1-5H3. The Balaban J connectivity index is 2.58. The van der Waals surface area contributed by atoms with E-state index in [-0.39, 0.29) is 23.8 Å². The smallest absolute Gasteiger partial charge is 0.324 e. The largest absolute Gasteiger partial charge is 0.495 e. The lowest BCUT2D eigenvalue weighted by Crippen LogP contribution is -2.43. The summed E-state index contributed by atoms with van der Waals surface area (Å²) in [6.07, 6.45) is 0. The summed E-state index contributed by atoms with van der Waals surface area (Å²) < 4.78 is 38.7. The van der Waals surface area contributed by atoms with Crippen molar-refractivity contribution in [3.8, 4) is 5.75 Å². The lowest BCUT2D eigenvalue weighted by Gasteiger charge is -2.28. The van der Waals surface area contributed by atoms with Crippen LogP contribution in [0.2, 0.25) is 0 Å². The van der Waals surface area contributed by atoms with Gasteiger partial charge in [0.1, 0.15) is 16.7 Å². The first-order valence-electron chi connectivity index (χ1n) is 9.10. The van der Waals surface area contributed by atoms with Crippen LogP contribution in [0.4, 0.5) is 0 Å². The van der Waals surface area contributed by atoms with E-state index in [1.807, 2.05) is 44.2 Å². The van der Waals surface area contributed by atoms with Crippen molar-refractivity contribution >= 4 is 16.0 Å². The van der Waals surface area contributed by atoms with Gasteiger partial charge < -0.3 is 9.47 Å². The maximum absolute atomic E-state index is 13.6. The third-order valence-electron chi connectivity index (χ3n) is 4.61. The van der Waals surface area contributed by atoms with Crippen molar-refractivity contribution in [2.75, 3.05) is 13.7 Å². The Morgan fingerprint density at radius 2 is 1.71 bits per heavy atom. The highest BCUT2D eigenvalue weighted by molar-refractivity contribution is 7.89. The summed E-state index contributed by atoms with van der Waals surface area (Å²) >= 11 is 0. The van der Waals surface area contributed by atoms with Crippen LogP contribution in [0.1, 0.15) is 30.5 Å². The van der Waals surface area contributed by atoms with Crippen LogP contribution in [-0.4, -0.2) is 38.5 Å². The van der Waals surface area contributed by atoms with Gasteiger partial charge in [-0.15, -0.1) is 0 Å². The Bertz CT molecular complexity index is 925. The highest BCUT2D eigenvalue weighted by atomic mass is 32.2. The summed E-state index contributed by atoms with van der Waals surface area (Å²) in [5.41, 5.74) is 2.51. The van der Waals surface area contributed by atoms with Gasteiger partial charge in [-0.25, -0.2) is 8.42 Å². The van der Waals surface area contributed by atoms with Gasteiger partial charge in [-0.3, -0.25) is 4.79 Å². The molecule has 0 saturated carbocycles. The van der Waals surface area contributed by atoms with Crippen molar-refractivity contribution in [2.24, 2.45) is 0 Å². The van der Waals surface area contributed by atoms with Gasteiger partial charge in [-0.1, -0.05) is 30.3 Å². The minimum atomic E-state index is -4.04. The molecular weight excluding hydrogens is 378 g/mol. The van der Waals surface area contributed by atoms with Gasteiger partial charge in [0, 0.05) is 6.54 Å². The molecule has 0 amide bonds. The molecule has 2 aromatic rings. The summed E-state index contributed by atoms with van der Waals surface area (Å²) in [5.74, 6) is -0.345. The number of carbonyl (C=O) groups excluding carboxylic acids is 1. The second kappa shape index (κ2) is 9.21. The molecule has 6 nitrogen and oxygen atoms in total. The Kier molecular flexibility index (Phi) is 7.21. The van der Waals surface area contributed by atoms with Crippen LogP contribution in [0.3, 0.4) is 0 Å². The maximum atomic E-state index is 13.6. The van der Waals surface area contributed by atoms with Crippen LogP contribution < -0.4 is 4.74 Å². The minimum absolute atomic E-state index is 0.0326. The number of sulfonamides is 1. The Morgan fingerprint density at radius 1 is 1.11 bits per heavy atom. The maximum Gasteiger partial charge on any atom is 0.324 e. The van der Waals surface area contributed by atoms with Crippen LogP contribution >= 0.6 is 0 Å². The zero-order valence-corrected chi connectivity index (χ0v) is 17.7. The first kappa shape index (κ1) is 21.9. The molecule has 2 rings (SSSR count). The van der Waals surface area contributed by atoms with Crippen LogP contribution in [0.5, 0.6) is 5.75 Å². The first-order valence-corrected chi connectivity index (χ1v) is 10.5. The molecule has 1 unspecified atom stereocenters. The topological polar surface area (TPSA) is 72.9 Å². The van der Waals surface area contributed by atoms with E-state index >= 15 is 0 Å². The molecule has 0 spiro atoms. The van der Waals surface area contributed by atoms with Gasteiger partial charge in [0.05, 0.1) is 13.7 Å². The summed E-state index contributed by atoms with van der Waals surface area (Å²) in [4.78, 5) is 12.4. The van der Waals surface area contributed by atoms with E-state index in [1.165, 1.54) is 14.0 Å². The van der Waals surface area contributed by atoms with E-state index in [9.17, 15) is 13.2 Å².